The number of pyridine rings is 1. The molecular formula is C26H25N4O6P. The van der Waals surface area contributed by atoms with E-state index in [4.69, 9.17) is 9.26 Å². The van der Waals surface area contributed by atoms with Crippen molar-refractivity contribution in [3.63, 3.8) is 0 Å². The minimum absolute atomic E-state index is 0.0851. The maximum atomic E-state index is 13.2. The van der Waals surface area contributed by atoms with Crippen LogP contribution in [0, 0.1) is 0 Å². The predicted octanol–water partition coefficient (Wildman–Crippen LogP) is 3.21. The summed E-state index contributed by atoms with van der Waals surface area (Å²) in [6.45, 7) is 1.72. The van der Waals surface area contributed by atoms with E-state index in [0.29, 0.717) is 22.6 Å². The van der Waals surface area contributed by atoms with Crippen LogP contribution in [0.4, 0.5) is 0 Å². The second kappa shape index (κ2) is 11.3. The fourth-order valence-electron chi connectivity index (χ4n) is 3.66. The Morgan fingerprint density at radius 1 is 1.05 bits per heavy atom. The van der Waals surface area contributed by atoms with E-state index < -0.39 is 25.1 Å². The highest BCUT2D eigenvalue weighted by Gasteiger charge is 2.24. The molecule has 2 aromatic heterocycles. The van der Waals surface area contributed by atoms with E-state index in [9.17, 15) is 19.0 Å². The molecule has 0 aliphatic heterocycles. The second-order valence-corrected chi connectivity index (χ2v) is 9.71. The summed E-state index contributed by atoms with van der Waals surface area (Å²) in [6, 6.07) is 17.8. The molecule has 2 aromatic carbocycles. The van der Waals surface area contributed by atoms with Crippen molar-refractivity contribution in [1.82, 2.24) is 20.3 Å². The number of hydrogen-bond donors (Lipinski definition) is 3. The van der Waals surface area contributed by atoms with Crippen LogP contribution in [0.3, 0.4) is 0 Å². The molecule has 37 heavy (non-hydrogen) atoms. The molecule has 4 rings (SSSR count). The first-order chi connectivity index (χ1) is 17.8. The van der Waals surface area contributed by atoms with Gasteiger partial charge in [-0.1, -0.05) is 30.3 Å². The molecule has 0 spiro atoms. The molecule has 2 heterocycles. The molecule has 0 aliphatic rings. The number of aromatic nitrogens is 3. The third kappa shape index (κ3) is 6.00. The van der Waals surface area contributed by atoms with Gasteiger partial charge in [-0.05, 0) is 54.4 Å². The number of nitrogens with one attached hydrogen (secondary N) is 2. The lowest BCUT2D eigenvalue weighted by molar-refractivity contribution is 0.0941. The summed E-state index contributed by atoms with van der Waals surface area (Å²) in [5.74, 6) is 0.230. The molecule has 4 aromatic rings. The Morgan fingerprint density at radius 2 is 1.73 bits per heavy atom. The van der Waals surface area contributed by atoms with Crippen molar-refractivity contribution in [1.29, 1.82) is 0 Å². The van der Waals surface area contributed by atoms with Crippen LogP contribution in [0.25, 0.3) is 11.5 Å². The monoisotopic (exact) mass is 520 g/mol. The zero-order valence-electron chi connectivity index (χ0n) is 20.1. The quantitative estimate of drug-likeness (QED) is 0.286. The number of nitrogens with zero attached hydrogens (tertiary/aromatic N) is 2. The van der Waals surface area contributed by atoms with Crippen LogP contribution in [0.15, 0.2) is 83.9 Å². The van der Waals surface area contributed by atoms with E-state index in [1.807, 2.05) is 0 Å². The maximum Gasteiger partial charge on any atom is 0.358 e. The Balaban J connectivity index is 1.66. The molecule has 10 nitrogen and oxygen atoms in total. The van der Waals surface area contributed by atoms with Gasteiger partial charge in [0.2, 0.25) is 0 Å². The fraction of sp³-hybridized carbons (Fsp3) is 0.154. The van der Waals surface area contributed by atoms with E-state index in [0.717, 1.165) is 0 Å². The molecule has 0 saturated carbocycles. The number of benzene rings is 2. The summed E-state index contributed by atoms with van der Waals surface area (Å²) in [5.41, 5.74) is 0.999. The summed E-state index contributed by atoms with van der Waals surface area (Å²) in [7, 11) is -2.40. The van der Waals surface area contributed by atoms with Crippen molar-refractivity contribution in [2.75, 3.05) is 13.7 Å². The van der Waals surface area contributed by atoms with Gasteiger partial charge >= 0.3 is 7.60 Å². The SMILES string of the molecule is CCOP(=O)(O)c1ccc(C(NC(=O)c2cnc(-c3ccccn3)[nH]c2=O)c2ccc(OC)cc2)cc1. The van der Waals surface area contributed by atoms with Gasteiger partial charge in [-0.25, -0.2) is 4.98 Å². The number of amides is 1. The van der Waals surface area contributed by atoms with Gasteiger partial charge in [0.05, 0.1) is 25.1 Å². The van der Waals surface area contributed by atoms with Gasteiger partial charge < -0.3 is 24.5 Å². The van der Waals surface area contributed by atoms with Crippen molar-refractivity contribution in [2.24, 2.45) is 0 Å². The van der Waals surface area contributed by atoms with Crippen LogP contribution in [0.2, 0.25) is 0 Å². The van der Waals surface area contributed by atoms with Crippen molar-refractivity contribution < 1.29 is 23.5 Å². The normalized spacial score (nSPS) is 13.4. The molecule has 11 heteroatoms. The van der Waals surface area contributed by atoms with Crippen LogP contribution in [-0.2, 0) is 9.09 Å². The van der Waals surface area contributed by atoms with Gasteiger partial charge in [0, 0.05) is 12.4 Å². The Hall–Kier alpha value is -4.11. The molecule has 2 atom stereocenters. The van der Waals surface area contributed by atoms with Crippen molar-refractivity contribution >= 4 is 18.8 Å². The third-order valence-electron chi connectivity index (χ3n) is 5.53. The fourth-order valence-corrected chi connectivity index (χ4v) is 4.68. The number of ether oxygens (including phenoxy) is 1. The number of aromatic amines is 1. The van der Waals surface area contributed by atoms with Crippen LogP contribution < -0.4 is 20.9 Å². The van der Waals surface area contributed by atoms with E-state index >= 15 is 0 Å². The molecule has 0 aliphatic carbocycles. The highest BCUT2D eigenvalue weighted by Crippen LogP contribution is 2.40. The summed E-state index contributed by atoms with van der Waals surface area (Å²) in [6.07, 6.45) is 2.78. The predicted molar refractivity (Wildman–Crippen MR) is 138 cm³/mol. The van der Waals surface area contributed by atoms with Crippen molar-refractivity contribution in [2.45, 2.75) is 13.0 Å². The highest BCUT2D eigenvalue weighted by atomic mass is 31.2. The van der Waals surface area contributed by atoms with E-state index in [2.05, 4.69) is 20.3 Å². The summed E-state index contributed by atoms with van der Waals surface area (Å²) in [5, 5.41) is 3.00. The molecule has 1 amide bonds. The van der Waals surface area contributed by atoms with Crippen molar-refractivity contribution in [3.05, 3.63) is 106 Å². The Kier molecular flexibility index (Phi) is 7.93. The Bertz CT molecular complexity index is 1470. The topological polar surface area (TPSA) is 143 Å². The lowest BCUT2D eigenvalue weighted by Gasteiger charge is -2.21. The lowest BCUT2D eigenvalue weighted by Crippen LogP contribution is -2.33. The first-order valence-corrected chi connectivity index (χ1v) is 12.9. The van der Waals surface area contributed by atoms with E-state index in [1.165, 1.54) is 18.3 Å². The molecule has 0 saturated heterocycles. The van der Waals surface area contributed by atoms with Gasteiger partial charge in [0.15, 0.2) is 5.82 Å². The molecule has 0 radical (unpaired) electrons. The van der Waals surface area contributed by atoms with Crippen LogP contribution >= 0.6 is 7.60 Å². The van der Waals surface area contributed by atoms with Crippen LogP contribution in [-0.4, -0.2) is 39.5 Å². The van der Waals surface area contributed by atoms with Gasteiger partial charge in [-0.15, -0.1) is 0 Å². The number of H-pyrrole nitrogens is 1. The average Bonchev–Trinajstić information content (AvgIpc) is 2.92. The smallest absolute Gasteiger partial charge is 0.358 e. The number of hydrogen-bond acceptors (Lipinski definition) is 7. The number of methoxy groups -OCH3 is 1. The summed E-state index contributed by atoms with van der Waals surface area (Å²) >= 11 is 0. The van der Waals surface area contributed by atoms with Gasteiger partial charge in [0.1, 0.15) is 17.0 Å². The zero-order valence-corrected chi connectivity index (χ0v) is 21.0. The second-order valence-electron chi connectivity index (χ2n) is 7.90. The first-order valence-electron chi connectivity index (χ1n) is 11.4. The van der Waals surface area contributed by atoms with Crippen LogP contribution in [0.5, 0.6) is 5.75 Å². The van der Waals surface area contributed by atoms with Crippen molar-refractivity contribution in [3.8, 4) is 17.3 Å². The number of rotatable bonds is 9. The summed E-state index contributed by atoms with van der Waals surface area (Å²) in [4.78, 5) is 47.0. The molecule has 190 valence electrons. The lowest BCUT2D eigenvalue weighted by atomic mass is 9.98. The molecule has 0 bridgehead atoms. The Labute approximate surface area is 212 Å². The summed E-state index contributed by atoms with van der Waals surface area (Å²) < 4.78 is 22.6. The molecular weight excluding hydrogens is 495 g/mol. The molecule has 2 unspecified atom stereocenters. The maximum absolute atomic E-state index is 13.2. The number of carbonyl (C=O) groups is 1. The minimum atomic E-state index is -3.95. The van der Waals surface area contributed by atoms with Gasteiger partial charge in [-0.2, -0.15) is 0 Å². The Morgan fingerprint density at radius 3 is 2.30 bits per heavy atom. The minimum Gasteiger partial charge on any atom is -0.497 e. The largest absolute Gasteiger partial charge is 0.497 e. The zero-order chi connectivity index (χ0) is 26.4. The standard InChI is InChI=1S/C26H25N4O6P/c1-3-36-37(33,34)20-13-9-18(10-14-20)23(17-7-11-19(35-2)12-8-17)29-25(31)21-16-28-24(30-26(21)32)22-6-4-5-15-27-22/h4-16,23H,3H2,1-2H3,(H,29,31)(H,33,34)(H,28,30,32). The van der Waals surface area contributed by atoms with Gasteiger partial charge in [-0.3, -0.25) is 19.1 Å². The molecule has 3 N–H and O–H groups in total. The van der Waals surface area contributed by atoms with Gasteiger partial charge in [0.25, 0.3) is 11.5 Å². The van der Waals surface area contributed by atoms with E-state index in [1.54, 1.807) is 74.8 Å². The third-order valence-corrected chi connectivity index (χ3v) is 7.09. The van der Waals surface area contributed by atoms with Crippen LogP contribution in [0.1, 0.15) is 34.5 Å². The first kappa shape index (κ1) is 26.0. The molecule has 0 fully saturated rings. The average molecular weight is 520 g/mol. The number of carbonyl (C=O) groups excluding carboxylic acids is 1. The van der Waals surface area contributed by atoms with E-state index in [-0.39, 0.29) is 23.3 Å². The highest BCUT2D eigenvalue weighted by molar-refractivity contribution is 7.61.